The van der Waals surface area contributed by atoms with Crippen molar-refractivity contribution in [2.24, 2.45) is 5.92 Å². The second-order valence-electron chi connectivity index (χ2n) is 11.1. The zero-order valence-corrected chi connectivity index (χ0v) is 19.3. The molecule has 5 nitrogen and oxygen atoms in total. The van der Waals surface area contributed by atoms with Crippen LogP contribution in [0.15, 0.2) is 49.1 Å². The standard InChI is InChI=1S/C29H30N2O3/c1-2-13-33-29-15-20-19-5-3-4-6-21(19)30-25(20)27-28(29)11-12-31(16-17-7-8-17)23(29)14-18-9-10-22(32)26(34-27)24(18)28/h2-6,9-10,17,23,27,30,32H,1,7-8,11-16H2/t23-,27-,28-,29+/m0/s1. The molecule has 0 unspecified atom stereocenters. The average Bonchev–Trinajstić information content (AvgIpc) is 3.49. The van der Waals surface area contributed by atoms with Crippen LogP contribution in [0.3, 0.4) is 0 Å². The molecule has 3 aromatic rings. The number of aromatic nitrogens is 1. The maximum atomic E-state index is 10.9. The number of aromatic hydroxyl groups is 1. The minimum Gasteiger partial charge on any atom is -0.504 e. The van der Waals surface area contributed by atoms with E-state index >= 15 is 0 Å². The summed E-state index contributed by atoms with van der Waals surface area (Å²) in [6.45, 7) is 6.73. The van der Waals surface area contributed by atoms with Gasteiger partial charge >= 0.3 is 0 Å². The van der Waals surface area contributed by atoms with Crippen molar-refractivity contribution in [2.75, 3.05) is 19.7 Å². The maximum absolute atomic E-state index is 10.9. The van der Waals surface area contributed by atoms with E-state index in [-0.39, 0.29) is 23.3 Å². The normalized spacial score (nSPS) is 32.8. The fourth-order valence-corrected chi connectivity index (χ4v) is 8.02. The van der Waals surface area contributed by atoms with Crippen molar-refractivity contribution in [2.45, 2.75) is 55.3 Å². The van der Waals surface area contributed by atoms with Crippen LogP contribution in [0.25, 0.3) is 10.9 Å². The molecule has 2 aromatic carbocycles. The van der Waals surface area contributed by atoms with E-state index in [1.165, 1.54) is 34.9 Å². The molecule has 2 bridgehead atoms. The summed E-state index contributed by atoms with van der Waals surface area (Å²) >= 11 is 0. The number of rotatable bonds is 5. The lowest BCUT2D eigenvalue weighted by Gasteiger charge is -2.64. The largest absolute Gasteiger partial charge is 0.504 e. The minimum absolute atomic E-state index is 0.193. The Morgan fingerprint density at radius 1 is 1.24 bits per heavy atom. The highest BCUT2D eigenvalue weighted by atomic mass is 16.5. The molecule has 4 atom stereocenters. The Hall–Kier alpha value is -2.76. The summed E-state index contributed by atoms with van der Waals surface area (Å²) < 4.78 is 13.8. The first kappa shape index (κ1) is 19.5. The molecule has 3 heterocycles. The Bertz CT molecular complexity index is 1360. The third-order valence-corrected chi connectivity index (χ3v) is 9.49. The van der Waals surface area contributed by atoms with Crippen LogP contribution in [0.1, 0.15) is 47.8 Å². The van der Waals surface area contributed by atoms with Gasteiger partial charge in [0.25, 0.3) is 0 Å². The summed E-state index contributed by atoms with van der Waals surface area (Å²) in [7, 11) is 0. The quantitative estimate of drug-likeness (QED) is 0.545. The first-order valence-corrected chi connectivity index (χ1v) is 12.8. The number of nitrogens with one attached hydrogen (secondary N) is 1. The van der Waals surface area contributed by atoms with Gasteiger partial charge < -0.3 is 19.6 Å². The highest BCUT2D eigenvalue weighted by Gasteiger charge is 2.74. The molecule has 0 radical (unpaired) electrons. The van der Waals surface area contributed by atoms with Crippen molar-refractivity contribution in [1.82, 2.24) is 9.88 Å². The van der Waals surface area contributed by atoms with E-state index in [0.29, 0.717) is 12.4 Å². The molecule has 174 valence electrons. The van der Waals surface area contributed by atoms with Gasteiger partial charge in [-0.05, 0) is 61.4 Å². The summed E-state index contributed by atoms with van der Waals surface area (Å²) in [6.07, 6.45) is 7.14. The molecule has 34 heavy (non-hydrogen) atoms. The number of phenolic OH excluding ortho intramolecular Hbond substituents is 1. The van der Waals surface area contributed by atoms with Crippen molar-refractivity contribution in [3.05, 3.63) is 71.4 Å². The zero-order valence-electron chi connectivity index (χ0n) is 19.3. The third kappa shape index (κ3) is 2.19. The third-order valence-electron chi connectivity index (χ3n) is 9.49. The van der Waals surface area contributed by atoms with Crippen molar-refractivity contribution >= 4 is 10.9 Å². The molecule has 1 aromatic heterocycles. The van der Waals surface area contributed by atoms with Crippen LogP contribution in [0.4, 0.5) is 0 Å². The Kier molecular flexibility index (Phi) is 3.71. The molecule has 0 amide bonds. The van der Waals surface area contributed by atoms with E-state index < -0.39 is 5.60 Å². The van der Waals surface area contributed by atoms with Gasteiger partial charge in [-0.3, -0.25) is 4.90 Å². The van der Waals surface area contributed by atoms with E-state index in [1.807, 2.05) is 12.1 Å². The van der Waals surface area contributed by atoms with Crippen LogP contribution in [-0.2, 0) is 23.0 Å². The van der Waals surface area contributed by atoms with E-state index in [2.05, 4.69) is 46.8 Å². The molecule has 1 saturated heterocycles. The van der Waals surface area contributed by atoms with Crippen molar-refractivity contribution in [3.8, 4) is 11.5 Å². The van der Waals surface area contributed by atoms with Crippen LogP contribution in [0.2, 0.25) is 0 Å². The van der Waals surface area contributed by atoms with Crippen LogP contribution < -0.4 is 4.74 Å². The number of H-pyrrole nitrogens is 1. The Morgan fingerprint density at radius 2 is 2.12 bits per heavy atom. The predicted octanol–water partition coefficient (Wildman–Crippen LogP) is 4.78. The van der Waals surface area contributed by atoms with Crippen molar-refractivity contribution in [3.63, 3.8) is 0 Å². The molecule has 5 aliphatic rings. The summed E-state index contributed by atoms with van der Waals surface area (Å²) in [5.74, 6) is 1.75. The van der Waals surface area contributed by atoms with Crippen LogP contribution in [0, 0.1) is 5.92 Å². The zero-order chi connectivity index (χ0) is 22.7. The lowest BCUT2D eigenvalue weighted by molar-refractivity contribution is -0.199. The van der Waals surface area contributed by atoms with Gasteiger partial charge in [-0.1, -0.05) is 30.3 Å². The van der Waals surface area contributed by atoms with Crippen LogP contribution in [0.5, 0.6) is 11.5 Å². The number of hydrogen-bond acceptors (Lipinski definition) is 4. The van der Waals surface area contributed by atoms with Gasteiger partial charge in [0.2, 0.25) is 0 Å². The molecular formula is C29H30N2O3. The van der Waals surface area contributed by atoms with Gasteiger partial charge in [0.05, 0.1) is 17.7 Å². The molecule has 1 spiro atoms. The number of benzene rings is 2. The average molecular weight is 455 g/mol. The number of ether oxygens (including phenoxy) is 2. The van der Waals surface area contributed by atoms with E-state index in [1.54, 1.807) is 0 Å². The summed E-state index contributed by atoms with van der Waals surface area (Å²) in [6, 6.07) is 12.8. The van der Waals surface area contributed by atoms with E-state index in [4.69, 9.17) is 9.47 Å². The number of fused-ring (bicyclic) bond motifs is 4. The molecule has 2 N–H and O–H groups in total. The first-order chi connectivity index (χ1) is 16.7. The summed E-state index contributed by atoms with van der Waals surface area (Å²) in [5.41, 5.74) is 5.39. The smallest absolute Gasteiger partial charge is 0.166 e. The molecule has 8 rings (SSSR count). The molecular weight excluding hydrogens is 424 g/mol. The molecule has 5 heteroatoms. The molecule has 1 saturated carbocycles. The highest BCUT2D eigenvalue weighted by Crippen LogP contribution is 2.70. The Morgan fingerprint density at radius 3 is 2.97 bits per heavy atom. The number of hydrogen-bond donors (Lipinski definition) is 2. The van der Waals surface area contributed by atoms with Gasteiger partial charge in [-0.25, -0.2) is 0 Å². The lowest BCUT2D eigenvalue weighted by Crippen LogP contribution is -2.75. The van der Waals surface area contributed by atoms with Gasteiger partial charge in [-0.2, -0.15) is 0 Å². The maximum Gasteiger partial charge on any atom is 0.166 e. The number of aromatic amines is 1. The van der Waals surface area contributed by atoms with Crippen LogP contribution >= 0.6 is 0 Å². The topological polar surface area (TPSA) is 57.7 Å². The molecule has 2 aliphatic heterocycles. The van der Waals surface area contributed by atoms with Gasteiger partial charge in [0.15, 0.2) is 17.6 Å². The van der Waals surface area contributed by atoms with Crippen molar-refractivity contribution < 1.29 is 14.6 Å². The Balaban J connectivity index is 1.44. The summed E-state index contributed by atoms with van der Waals surface area (Å²) in [5, 5.41) is 12.2. The summed E-state index contributed by atoms with van der Waals surface area (Å²) in [4.78, 5) is 6.47. The monoisotopic (exact) mass is 454 g/mol. The minimum atomic E-state index is -0.428. The number of nitrogens with zero attached hydrogens (tertiary/aromatic N) is 1. The Labute approximate surface area is 199 Å². The van der Waals surface area contributed by atoms with E-state index in [0.717, 1.165) is 49.5 Å². The number of para-hydroxylation sites is 1. The lowest BCUT2D eigenvalue weighted by atomic mass is 9.48. The first-order valence-electron chi connectivity index (χ1n) is 12.8. The van der Waals surface area contributed by atoms with Crippen molar-refractivity contribution in [1.29, 1.82) is 0 Å². The molecule has 3 aliphatic carbocycles. The highest BCUT2D eigenvalue weighted by molar-refractivity contribution is 5.86. The second kappa shape index (κ2) is 6.46. The van der Waals surface area contributed by atoms with Gasteiger partial charge in [0, 0.05) is 35.5 Å². The van der Waals surface area contributed by atoms with E-state index in [9.17, 15) is 5.11 Å². The predicted molar refractivity (Wildman–Crippen MR) is 130 cm³/mol. The number of likely N-dealkylation sites (tertiary alicyclic amines) is 1. The number of piperidine rings is 1. The number of phenols is 1. The molecule has 2 fully saturated rings. The second-order valence-corrected chi connectivity index (χ2v) is 11.1. The van der Waals surface area contributed by atoms with Crippen LogP contribution in [-0.4, -0.2) is 46.3 Å². The van der Waals surface area contributed by atoms with Gasteiger partial charge in [-0.15, -0.1) is 6.58 Å². The fourth-order valence-electron chi connectivity index (χ4n) is 8.02. The van der Waals surface area contributed by atoms with Gasteiger partial charge in [0.1, 0.15) is 5.60 Å². The SMILES string of the molecule is C=CCO[C@@]12Cc3c([nH]c4ccccc34)[C@@H]3Oc4c(O)ccc5c4[C@@]31CCN(CC1CC1)[C@H]2C5. The fraction of sp³-hybridized carbons (Fsp3) is 0.448.